The van der Waals surface area contributed by atoms with Gasteiger partial charge in [0.15, 0.2) is 10.9 Å². The average molecular weight is 415 g/mol. The van der Waals surface area contributed by atoms with Gasteiger partial charge in [0, 0.05) is 11.9 Å². The van der Waals surface area contributed by atoms with E-state index in [1.54, 1.807) is 12.1 Å². The van der Waals surface area contributed by atoms with E-state index in [4.69, 9.17) is 9.15 Å². The number of halogens is 1. The number of amides is 1. The SMILES string of the molecule is O=C(Nc1nc(CN2CCCCC2)cs1)c1ccc(COc2ccc(F)cc2)o1. The summed E-state index contributed by atoms with van der Waals surface area (Å²) in [4.78, 5) is 19.3. The molecule has 1 aliphatic heterocycles. The van der Waals surface area contributed by atoms with Gasteiger partial charge in [0.05, 0.1) is 5.69 Å². The van der Waals surface area contributed by atoms with Crippen LogP contribution in [-0.4, -0.2) is 28.9 Å². The first-order valence-electron chi connectivity index (χ1n) is 9.61. The molecule has 3 aromatic rings. The number of nitrogens with one attached hydrogen (secondary N) is 1. The average Bonchev–Trinajstić information content (AvgIpc) is 3.38. The third kappa shape index (κ3) is 5.42. The second-order valence-electron chi connectivity index (χ2n) is 6.94. The Bertz CT molecular complexity index is 948. The molecule has 0 bridgehead atoms. The van der Waals surface area contributed by atoms with Gasteiger partial charge in [-0.05, 0) is 62.3 Å². The number of carbonyl (C=O) groups is 1. The van der Waals surface area contributed by atoms with Gasteiger partial charge in [-0.15, -0.1) is 11.3 Å². The molecule has 1 fully saturated rings. The molecule has 3 heterocycles. The van der Waals surface area contributed by atoms with Crippen LogP contribution in [0.3, 0.4) is 0 Å². The van der Waals surface area contributed by atoms with E-state index < -0.39 is 0 Å². The molecule has 4 rings (SSSR count). The molecule has 0 atom stereocenters. The Labute approximate surface area is 172 Å². The number of thiazole rings is 1. The van der Waals surface area contributed by atoms with Crippen molar-refractivity contribution < 1.29 is 18.3 Å². The van der Waals surface area contributed by atoms with Crippen molar-refractivity contribution in [2.45, 2.75) is 32.4 Å². The molecule has 0 spiro atoms. The Balaban J connectivity index is 1.29. The monoisotopic (exact) mass is 415 g/mol. The highest BCUT2D eigenvalue weighted by Crippen LogP contribution is 2.20. The quantitative estimate of drug-likeness (QED) is 0.606. The summed E-state index contributed by atoms with van der Waals surface area (Å²) in [5.41, 5.74) is 0.972. The van der Waals surface area contributed by atoms with Gasteiger partial charge in [-0.1, -0.05) is 6.42 Å². The van der Waals surface area contributed by atoms with Gasteiger partial charge >= 0.3 is 0 Å². The minimum atomic E-state index is -0.350. The Kier molecular flexibility index (Phi) is 6.21. The van der Waals surface area contributed by atoms with Crippen LogP contribution >= 0.6 is 11.3 Å². The van der Waals surface area contributed by atoms with E-state index >= 15 is 0 Å². The molecular formula is C21H22FN3O3S. The predicted octanol–water partition coefficient (Wildman–Crippen LogP) is 4.69. The maximum absolute atomic E-state index is 12.9. The molecule has 29 heavy (non-hydrogen) atoms. The van der Waals surface area contributed by atoms with E-state index in [1.165, 1.54) is 54.9 Å². The van der Waals surface area contributed by atoms with Crippen LogP contribution in [0.5, 0.6) is 5.75 Å². The fourth-order valence-electron chi connectivity index (χ4n) is 3.21. The minimum absolute atomic E-state index is 0.149. The minimum Gasteiger partial charge on any atom is -0.486 e. The standard InChI is InChI=1S/C21H22FN3O3S/c22-15-4-6-17(7-5-15)27-13-18-8-9-19(28-18)20(26)24-21-23-16(14-29-21)12-25-10-2-1-3-11-25/h4-9,14H,1-3,10-13H2,(H,23,24,26). The summed E-state index contributed by atoms with van der Waals surface area (Å²) in [6.45, 7) is 3.18. The molecule has 1 aromatic carbocycles. The summed E-state index contributed by atoms with van der Waals surface area (Å²) in [6, 6.07) is 9.00. The van der Waals surface area contributed by atoms with Crippen LogP contribution in [-0.2, 0) is 13.2 Å². The number of furan rings is 1. The van der Waals surface area contributed by atoms with E-state index in [-0.39, 0.29) is 24.1 Å². The van der Waals surface area contributed by atoms with Crippen molar-refractivity contribution in [2.75, 3.05) is 18.4 Å². The maximum Gasteiger partial charge on any atom is 0.293 e. The molecule has 8 heteroatoms. The molecule has 1 aliphatic rings. The lowest BCUT2D eigenvalue weighted by Crippen LogP contribution is -2.29. The molecule has 2 aromatic heterocycles. The number of carbonyl (C=O) groups excluding carboxylic acids is 1. The number of rotatable bonds is 7. The van der Waals surface area contributed by atoms with E-state index in [2.05, 4.69) is 15.2 Å². The lowest BCUT2D eigenvalue weighted by molar-refractivity contribution is 0.0992. The van der Waals surface area contributed by atoms with Gasteiger partial charge in [0.2, 0.25) is 0 Å². The van der Waals surface area contributed by atoms with Crippen molar-refractivity contribution in [3.63, 3.8) is 0 Å². The first-order valence-corrected chi connectivity index (χ1v) is 10.5. The highest BCUT2D eigenvalue weighted by Gasteiger charge is 2.16. The summed E-state index contributed by atoms with van der Waals surface area (Å²) >= 11 is 1.41. The number of piperidine rings is 1. The van der Waals surface area contributed by atoms with Gasteiger partial charge in [-0.3, -0.25) is 15.0 Å². The summed E-state index contributed by atoms with van der Waals surface area (Å²) in [5.74, 6) is 0.546. The number of likely N-dealkylation sites (tertiary alicyclic amines) is 1. The smallest absolute Gasteiger partial charge is 0.293 e. The highest BCUT2D eigenvalue weighted by molar-refractivity contribution is 7.13. The van der Waals surface area contributed by atoms with Crippen LogP contribution in [0, 0.1) is 5.82 Å². The van der Waals surface area contributed by atoms with Crippen molar-refractivity contribution >= 4 is 22.4 Å². The second-order valence-corrected chi connectivity index (χ2v) is 7.80. The molecular weight excluding hydrogens is 393 g/mol. The normalized spacial score (nSPS) is 14.7. The van der Waals surface area contributed by atoms with Crippen LogP contribution in [0.4, 0.5) is 9.52 Å². The molecule has 1 amide bonds. The maximum atomic E-state index is 12.9. The topological polar surface area (TPSA) is 67.6 Å². The van der Waals surface area contributed by atoms with Crippen molar-refractivity contribution in [3.8, 4) is 5.75 Å². The fraction of sp³-hybridized carbons (Fsp3) is 0.333. The number of hydrogen-bond acceptors (Lipinski definition) is 6. The zero-order chi connectivity index (χ0) is 20.1. The van der Waals surface area contributed by atoms with Gasteiger partial charge in [0.1, 0.15) is 23.9 Å². The number of anilines is 1. The molecule has 0 aliphatic carbocycles. The first kappa shape index (κ1) is 19.6. The summed E-state index contributed by atoms with van der Waals surface area (Å²) in [6.07, 6.45) is 3.77. The molecule has 1 saturated heterocycles. The van der Waals surface area contributed by atoms with Crippen molar-refractivity contribution in [3.05, 3.63) is 64.8 Å². The molecule has 152 valence electrons. The first-order chi connectivity index (χ1) is 14.2. The fourth-order valence-corrected chi connectivity index (χ4v) is 3.90. The summed E-state index contributed by atoms with van der Waals surface area (Å²) in [5, 5.41) is 5.32. The van der Waals surface area contributed by atoms with E-state index in [0.29, 0.717) is 16.6 Å². The molecule has 0 unspecified atom stereocenters. The zero-order valence-corrected chi connectivity index (χ0v) is 16.7. The predicted molar refractivity (Wildman–Crippen MR) is 109 cm³/mol. The third-order valence-electron chi connectivity index (χ3n) is 4.69. The van der Waals surface area contributed by atoms with Gasteiger partial charge in [-0.2, -0.15) is 0 Å². The number of aromatic nitrogens is 1. The van der Waals surface area contributed by atoms with Crippen LogP contribution < -0.4 is 10.1 Å². The van der Waals surface area contributed by atoms with Crippen LogP contribution in [0.15, 0.2) is 46.2 Å². The van der Waals surface area contributed by atoms with E-state index in [9.17, 15) is 9.18 Å². The van der Waals surface area contributed by atoms with Gasteiger partial charge < -0.3 is 9.15 Å². The lowest BCUT2D eigenvalue weighted by atomic mass is 10.1. The number of hydrogen-bond donors (Lipinski definition) is 1. The molecule has 0 radical (unpaired) electrons. The van der Waals surface area contributed by atoms with Gasteiger partial charge in [0.25, 0.3) is 5.91 Å². The Morgan fingerprint density at radius 2 is 1.97 bits per heavy atom. The lowest BCUT2D eigenvalue weighted by Gasteiger charge is -2.25. The number of nitrogens with zero attached hydrogens (tertiary/aromatic N) is 2. The second kappa shape index (κ2) is 9.19. The Hall–Kier alpha value is -2.71. The molecule has 0 saturated carbocycles. The Morgan fingerprint density at radius 1 is 1.17 bits per heavy atom. The van der Waals surface area contributed by atoms with Crippen LogP contribution in [0.2, 0.25) is 0 Å². The van der Waals surface area contributed by atoms with Crippen LogP contribution in [0.1, 0.15) is 41.3 Å². The van der Waals surface area contributed by atoms with Gasteiger partial charge in [-0.25, -0.2) is 9.37 Å². The van der Waals surface area contributed by atoms with Crippen molar-refractivity contribution in [1.82, 2.24) is 9.88 Å². The molecule has 1 N–H and O–H groups in total. The van der Waals surface area contributed by atoms with Crippen molar-refractivity contribution in [1.29, 1.82) is 0 Å². The number of ether oxygens (including phenoxy) is 1. The number of benzene rings is 1. The zero-order valence-electron chi connectivity index (χ0n) is 15.9. The largest absolute Gasteiger partial charge is 0.486 e. The van der Waals surface area contributed by atoms with Crippen LogP contribution in [0.25, 0.3) is 0 Å². The van der Waals surface area contributed by atoms with E-state index in [1.807, 2.05) is 5.38 Å². The summed E-state index contributed by atoms with van der Waals surface area (Å²) < 4.78 is 24.0. The van der Waals surface area contributed by atoms with Crippen molar-refractivity contribution in [2.24, 2.45) is 0 Å². The highest BCUT2D eigenvalue weighted by atomic mass is 32.1. The third-order valence-corrected chi connectivity index (χ3v) is 5.49. The molecule has 6 nitrogen and oxygen atoms in total. The Morgan fingerprint density at radius 3 is 2.76 bits per heavy atom. The van der Waals surface area contributed by atoms with E-state index in [0.717, 1.165) is 25.3 Å². The summed E-state index contributed by atoms with van der Waals surface area (Å²) in [7, 11) is 0.